The summed E-state index contributed by atoms with van der Waals surface area (Å²) < 4.78 is 0. The molecule has 0 aromatic rings. The van der Waals surface area contributed by atoms with Crippen LogP contribution in [0.2, 0.25) is 0 Å². The number of allylic oxidation sites excluding steroid dienone is 1. The van der Waals surface area contributed by atoms with Gasteiger partial charge in [-0.2, -0.15) is 0 Å². The third-order valence-electron chi connectivity index (χ3n) is 8.94. The molecule has 8 atom stereocenters. The van der Waals surface area contributed by atoms with Gasteiger partial charge in [0.25, 0.3) is 0 Å². The Balaban J connectivity index is 1.68. The van der Waals surface area contributed by atoms with E-state index >= 15 is 0 Å². The predicted octanol–water partition coefficient (Wildman–Crippen LogP) is 4.31. The first-order valence-electron chi connectivity index (χ1n) is 9.93. The van der Waals surface area contributed by atoms with E-state index in [1.807, 2.05) is 0 Å². The molecule has 2 nitrogen and oxygen atoms in total. The number of fused-ring (bicyclic) bond motifs is 5. The Bertz CT molecular complexity index is 512. The summed E-state index contributed by atoms with van der Waals surface area (Å²) in [5, 5.41) is 21.3. The minimum absolute atomic E-state index is 0.0350. The summed E-state index contributed by atoms with van der Waals surface area (Å²) in [6.07, 6.45) is 11.2. The van der Waals surface area contributed by atoms with Gasteiger partial charge < -0.3 is 10.2 Å². The molecule has 23 heavy (non-hydrogen) atoms. The first-order valence-corrected chi connectivity index (χ1v) is 9.93. The topological polar surface area (TPSA) is 40.5 Å². The lowest BCUT2D eigenvalue weighted by atomic mass is 9.44. The van der Waals surface area contributed by atoms with Crippen molar-refractivity contribution in [3.8, 4) is 0 Å². The molecule has 0 unspecified atom stereocenters. The van der Waals surface area contributed by atoms with Crippen LogP contribution in [0.1, 0.15) is 72.1 Å². The fourth-order valence-electron chi connectivity index (χ4n) is 7.52. The molecule has 4 rings (SSSR count). The molecule has 4 aliphatic carbocycles. The summed E-state index contributed by atoms with van der Waals surface area (Å²) in [6, 6.07) is 0. The Kier molecular flexibility index (Phi) is 3.74. The van der Waals surface area contributed by atoms with Crippen LogP contribution in [0.3, 0.4) is 0 Å². The zero-order valence-electron chi connectivity index (χ0n) is 15.1. The highest BCUT2D eigenvalue weighted by atomic mass is 16.3. The maximum absolute atomic E-state index is 11.1. The highest BCUT2D eigenvalue weighted by molar-refractivity contribution is 5.26. The van der Waals surface area contributed by atoms with Crippen LogP contribution in [0.4, 0.5) is 0 Å². The molecule has 0 radical (unpaired) electrons. The minimum atomic E-state index is -0.176. The monoisotopic (exact) mass is 318 g/mol. The van der Waals surface area contributed by atoms with E-state index < -0.39 is 0 Å². The largest absolute Gasteiger partial charge is 0.393 e. The normalized spacial score (nSPS) is 57.7. The van der Waals surface area contributed by atoms with Gasteiger partial charge in [0, 0.05) is 5.41 Å². The average molecular weight is 319 g/mol. The zero-order valence-corrected chi connectivity index (χ0v) is 15.1. The van der Waals surface area contributed by atoms with E-state index in [-0.39, 0.29) is 17.6 Å². The summed E-state index contributed by atoms with van der Waals surface area (Å²) >= 11 is 0. The lowest BCUT2D eigenvalue weighted by molar-refractivity contribution is -0.153. The Hall–Kier alpha value is -0.340. The summed E-state index contributed by atoms with van der Waals surface area (Å²) in [4.78, 5) is 0. The van der Waals surface area contributed by atoms with Crippen LogP contribution in [-0.4, -0.2) is 22.4 Å². The molecule has 0 bridgehead atoms. The average Bonchev–Trinajstić information content (AvgIpc) is 2.87. The van der Waals surface area contributed by atoms with Crippen LogP contribution in [0.5, 0.6) is 0 Å². The second kappa shape index (κ2) is 5.33. The van der Waals surface area contributed by atoms with E-state index in [0.717, 1.165) is 31.6 Å². The predicted molar refractivity (Wildman–Crippen MR) is 92.9 cm³/mol. The Labute approximate surface area is 141 Å². The molecule has 0 aromatic carbocycles. The van der Waals surface area contributed by atoms with Gasteiger partial charge >= 0.3 is 0 Å². The summed E-state index contributed by atoms with van der Waals surface area (Å²) in [7, 11) is 0. The molecule has 0 spiro atoms. The summed E-state index contributed by atoms with van der Waals surface area (Å²) in [6.45, 7) is 6.99. The molecule has 130 valence electrons. The van der Waals surface area contributed by atoms with Gasteiger partial charge in [-0.15, -0.1) is 0 Å². The molecular weight excluding hydrogens is 284 g/mol. The number of aliphatic hydroxyl groups is 2. The van der Waals surface area contributed by atoms with E-state index in [2.05, 4.69) is 26.8 Å². The molecule has 0 aliphatic heterocycles. The van der Waals surface area contributed by atoms with Gasteiger partial charge in [0.05, 0.1) is 12.2 Å². The molecular formula is C21H34O2. The highest BCUT2D eigenvalue weighted by Gasteiger charge is 2.61. The standard InChI is InChI=1S/C21H34O2/c1-4-13-6-8-17-16-7-5-14-11-15(22)9-10-20(14,2)18(16)12-19(23)21(13,17)3/h4,14-19,22-23H,5-12H2,1-3H3/b13-4-/t14-,15-,16+,17+,18+,19+,20+,21-/m0/s1. The molecule has 4 fully saturated rings. The number of aliphatic hydroxyl groups excluding tert-OH is 2. The lowest BCUT2D eigenvalue weighted by Gasteiger charge is -2.61. The Morgan fingerprint density at radius 2 is 1.78 bits per heavy atom. The number of rotatable bonds is 0. The summed E-state index contributed by atoms with van der Waals surface area (Å²) in [5.74, 6) is 2.80. The lowest BCUT2D eigenvalue weighted by Crippen LogP contribution is -2.57. The third-order valence-corrected chi connectivity index (χ3v) is 8.94. The second-order valence-corrected chi connectivity index (χ2v) is 9.47. The number of hydrogen-bond donors (Lipinski definition) is 2. The van der Waals surface area contributed by atoms with Gasteiger partial charge in [0.2, 0.25) is 0 Å². The van der Waals surface area contributed by atoms with Gasteiger partial charge in [0.1, 0.15) is 0 Å². The molecule has 2 N–H and O–H groups in total. The highest BCUT2D eigenvalue weighted by Crippen LogP contribution is 2.67. The van der Waals surface area contributed by atoms with Crippen molar-refractivity contribution in [1.29, 1.82) is 0 Å². The van der Waals surface area contributed by atoms with Gasteiger partial charge in [0.15, 0.2) is 0 Å². The van der Waals surface area contributed by atoms with Gasteiger partial charge in [-0.25, -0.2) is 0 Å². The van der Waals surface area contributed by atoms with Crippen LogP contribution < -0.4 is 0 Å². The number of hydrogen-bond acceptors (Lipinski definition) is 2. The molecule has 2 heteroatoms. The third kappa shape index (κ3) is 2.07. The van der Waals surface area contributed by atoms with Gasteiger partial charge in [-0.3, -0.25) is 0 Å². The van der Waals surface area contributed by atoms with Crippen molar-refractivity contribution in [2.24, 2.45) is 34.5 Å². The van der Waals surface area contributed by atoms with Crippen molar-refractivity contribution < 1.29 is 10.2 Å². The first kappa shape index (κ1) is 16.1. The maximum Gasteiger partial charge on any atom is 0.0636 e. The van der Waals surface area contributed by atoms with Gasteiger partial charge in [-0.1, -0.05) is 25.5 Å². The van der Waals surface area contributed by atoms with Crippen molar-refractivity contribution >= 4 is 0 Å². The van der Waals surface area contributed by atoms with E-state index in [4.69, 9.17) is 0 Å². The quantitative estimate of drug-likeness (QED) is 0.654. The van der Waals surface area contributed by atoms with Crippen molar-refractivity contribution in [2.75, 3.05) is 0 Å². The minimum Gasteiger partial charge on any atom is -0.393 e. The molecule has 0 amide bonds. The van der Waals surface area contributed by atoms with Crippen LogP contribution in [0, 0.1) is 34.5 Å². The maximum atomic E-state index is 11.1. The van der Waals surface area contributed by atoms with Crippen LogP contribution in [-0.2, 0) is 0 Å². The zero-order chi connectivity index (χ0) is 16.4. The van der Waals surface area contributed by atoms with E-state index in [1.54, 1.807) is 0 Å². The van der Waals surface area contributed by atoms with Crippen LogP contribution in [0.15, 0.2) is 11.6 Å². The molecule has 0 saturated heterocycles. The van der Waals surface area contributed by atoms with Crippen molar-refractivity contribution in [3.05, 3.63) is 11.6 Å². The van der Waals surface area contributed by atoms with E-state index in [9.17, 15) is 10.2 Å². The fourth-order valence-corrected chi connectivity index (χ4v) is 7.52. The van der Waals surface area contributed by atoms with Crippen LogP contribution >= 0.6 is 0 Å². The smallest absolute Gasteiger partial charge is 0.0636 e. The van der Waals surface area contributed by atoms with Crippen molar-refractivity contribution in [2.45, 2.75) is 84.3 Å². The van der Waals surface area contributed by atoms with Crippen molar-refractivity contribution in [1.82, 2.24) is 0 Å². The van der Waals surface area contributed by atoms with E-state index in [0.29, 0.717) is 23.2 Å². The van der Waals surface area contributed by atoms with Gasteiger partial charge in [-0.05, 0) is 87.4 Å². The molecule has 0 aromatic heterocycles. The molecule has 0 heterocycles. The Morgan fingerprint density at radius 3 is 2.52 bits per heavy atom. The Morgan fingerprint density at radius 1 is 1.00 bits per heavy atom. The first-order chi connectivity index (χ1) is 10.9. The van der Waals surface area contributed by atoms with Crippen molar-refractivity contribution in [3.63, 3.8) is 0 Å². The van der Waals surface area contributed by atoms with Crippen LogP contribution in [0.25, 0.3) is 0 Å². The molecule has 4 aliphatic rings. The SMILES string of the molecule is C/C=C1/CC[C@@H]2[C@H]3CC[C@H]4C[C@@H](O)CC[C@@]4(C)[C@@H]3C[C@@H](O)[C@@]12C. The van der Waals surface area contributed by atoms with E-state index in [1.165, 1.54) is 31.3 Å². The fraction of sp³-hybridized carbons (Fsp3) is 0.905. The second-order valence-electron chi connectivity index (χ2n) is 9.47. The summed E-state index contributed by atoms with van der Waals surface area (Å²) in [5.41, 5.74) is 1.90. The molecule has 4 saturated carbocycles.